The van der Waals surface area contributed by atoms with Crippen molar-refractivity contribution in [2.45, 2.75) is 32.2 Å². The Labute approximate surface area is 132 Å². The summed E-state index contributed by atoms with van der Waals surface area (Å²) in [5.74, 6) is 0. The Morgan fingerprint density at radius 3 is 3.05 bits per heavy atom. The molecular weight excluding hydrogens is 313 g/mol. The summed E-state index contributed by atoms with van der Waals surface area (Å²) in [4.78, 5) is 10.4. The van der Waals surface area contributed by atoms with E-state index < -0.39 is 0 Å². The third kappa shape index (κ3) is 2.70. The van der Waals surface area contributed by atoms with E-state index in [4.69, 9.17) is 28.2 Å². The summed E-state index contributed by atoms with van der Waals surface area (Å²) in [5, 5.41) is 5.52. The molecular formula is C14H15Cl2N3S. The number of pyridine rings is 1. The fourth-order valence-corrected chi connectivity index (χ4v) is 4.29. The molecule has 0 fully saturated rings. The lowest BCUT2D eigenvalue weighted by Gasteiger charge is -2.21. The Hall–Kier alpha value is -0.680. The zero-order chi connectivity index (χ0) is 14.1. The second-order valence-corrected chi connectivity index (χ2v) is 6.69. The van der Waals surface area contributed by atoms with Gasteiger partial charge < -0.3 is 5.32 Å². The molecule has 1 N–H and O–H groups in total. The highest BCUT2D eigenvalue weighted by Crippen LogP contribution is 2.39. The van der Waals surface area contributed by atoms with Gasteiger partial charge in [-0.2, -0.15) is 0 Å². The van der Waals surface area contributed by atoms with E-state index in [1.54, 1.807) is 23.6 Å². The van der Waals surface area contributed by atoms with Gasteiger partial charge in [-0.3, -0.25) is 4.98 Å². The summed E-state index contributed by atoms with van der Waals surface area (Å²) < 4.78 is 0. The monoisotopic (exact) mass is 327 g/mol. The van der Waals surface area contributed by atoms with Crippen LogP contribution in [0.25, 0.3) is 10.7 Å². The van der Waals surface area contributed by atoms with Gasteiger partial charge in [0.05, 0.1) is 15.7 Å². The number of thiazole rings is 1. The lowest BCUT2D eigenvalue weighted by Crippen LogP contribution is -2.23. The fraction of sp³-hybridized carbons (Fsp3) is 0.429. The molecule has 1 unspecified atom stereocenters. The van der Waals surface area contributed by atoms with Crippen LogP contribution in [0, 0.1) is 0 Å². The molecule has 0 amide bonds. The van der Waals surface area contributed by atoms with Crippen LogP contribution in [0.15, 0.2) is 12.3 Å². The van der Waals surface area contributed by atoms with Gasteiger partial charge in [-0.15, -0.1) is 11.3 Å². The summed E-state index contributed by atoms with van der Waals surface area (Å²) in [7, 11) is 0. The first-order valence-electron chi connectivity index (χ1n) is 6.73. The Balaban J connectivity index is 2.00. The van der Waals surface area contributed by atoms with E-state index in [0.29, 0.717) is 16.1 Å². The standard InChI is InChI=1S/C14H15Cl2N3S/c1-2-17-10-4-3-5-11-13(10)20-14(19-11)12-9(16)6-8(15)7-18-12/h6-7,10,17H,2-5H2,1H3. The van der Waals surface area contributed by atoms with Gasteiger partial charge in [0.15, 0.2) is 0 Å². The molecule has 1 aliphatic carbocycles. The van der Waals surface area contributed by atoms with Crippen molar-refractivity contribution in [1.82, 2.24) is 15.3 Å². The minimum atomic E-state index is 0.418. The highest BCUT2D eigenvalue weighted by molar-refractivity contribution is 7.15. The molecule has 0 bridgehead atoms. The predicted octanol–water partition coefficient (Wildman–Crippen LogP) is 4.50. The molecule has 0 saturated heterocycles. The minimum Gasteiger partial charge on any atom is -0.309 e. The quantitative estimate of drug-likeness (QED) is 0.901. The Morgan fingerprint density at radius 2 is 2.30 bits per heavy atom. The van der Waals surface area contributed by atoms with Crippen molar-refractivity contribution >= 4 is 34.5 Å². The van der Waals surface area contributed by atoms with Crippen LogP contribution >= 0.6 is 34.5 Å². The van der Waals surface area contributed by atoms with E-state index in [0.717, 1.165) is 23.7 Å². The number of hydrogen-bond donors (Lipinski definition) is 1. The van der Waals surface area contributed by atoms with E-state index in [9.17, 15) is 0 Å². The molecule has 2 aromatic heterocycles. The molecule has 2 aromatic rings. The van der Waals surface area contributed by atoms with Gasteiger partial charge in [0.25, 0.3) is 0 Å². The molecule has 3 rings (SSSR count). The smallest absolute Gasteiger partial charge is 0.143 e. The Kier molecular flexibility index (Phi) is 4.26. The van der Waals surface area contributed by atoms with Crippen molar-refractivity contribution < 1.29 is 0 Å². The van der Waals surface area contributed by atoms with Gasteiger partial charge in [-0.05, 0) is 31.9 Å². The number of aromatic nitrogens is 2. The summed E-state index contributed by atoms with van der Waals surface area (Å²) in [6.45, 7) is 3.10. The molecule has 0 aromatic carbocycles. The topological polar surface area (TPSA) is 37.8 Å². The number of halogens is 2. The van der Waals surface area contributed by atoms with Crippen molar-refractivity contribution in [2.24, 2.45) is 0 Å². The maximum absolute atomic E-state index is 6.23. The third-order valence-corrected chi connectivity index (χ3v) is 5.12. The molecule has 1 aliphatic rings. The van der Waals surface area contributed by atoms with Gasteiger partial charge in [-0.25, -0.2) is 4.98 Å². The van der Waals surface area contributed by atoms with E-state index in [1.807, 2.05) is 0 Å². The summed E-state index contributed by atoms with van der Waals surface area (Å²) in [6, 6.07) is 2.13. The van der Waals surface area contributed by atoms with Crippen molar-refractivity contribution in [3.05, 3.63) is 32.9 Å². The average Bonchev–Trinajstić information content (AvgIpc) is 2.83. The Morgan fingerprint density at radius 1 is 1.45 bits per heavy atom. The van der Waals surface area contributed by atoms with Gasteiger partial charge in [0, 0.05) is 17.1 Å². The molecule has 0 aliphatic heterocycles. The maximum Gasteiger partial charge on any atom is 0.143 e. The van der Waals surface area contributed by atoms with Crippen molar-refractivity contribution in [3.8, 4) is 10.7 Å². The van der Waals surface area contributed by atoms with E-state index in [-0.39, 0.29) is 0 Å². The number of hydrogen-bond acceptors (Lipinski definition) is 4. The highest BCUT2D eigenvalue weighted by atomic mass is 35.5. The summed E-state index contributed by atoms with van der Waals surface area (Å²) >= 11 is 13.8. The van der Waals surface area contributed by atoms with Crippen molar-refractivity contribution in [2.75, 3.05) is 6.54 Å². The molecule has 2 heterocycles. The number of fused-ring (bicyclic) bond motifs is 1. The lowest BCUT2D eigenvalue weighted by molar-refractivity contribution is 0.476. The van der Waals surface area contributed by atoms with Crippen LogP contribution in [0.2, 0.25) is 10.0 Å². The molecule has 0 spiro atoms. The van der Waals surface area contributed by atoms with Crippen LogP contribution < -0.4 is 5.32 Å². The van der Waals surface area contributed by atoms with Gasteiger partial charge in [-0.1, -0.05) is 30.1 Å². The van der Waals surface area contributed by atoms with E-state index in [2.05, 4.69) is 17.2 Å². The SMILES string of the molecule is CCNC1CCCc2nc(-c3ncc(Cl)cc3Cl)sc21. The van der Waals surface area contributed by atoms with Crippen molar-refractivity contribution in [1.29, 1.82) is 0 Å². The van der Waals surface area contributed by atoms with Crippen LogP contribution in [-0.4, -0.2) is 16.5 Å². The first-order valence-corrected chi connectivity index (χ1v) is 8.30. The molecule has 6 heteroatoms. The molecule has 20 heavy (non-hydrogen) atoms. The highest BCUT2D eigenvalue weighted by Gasteiger charge is 2.25. The fourth-order valence-electron chi connectivity index (χ4n) is 2.53. The zero-order valence-electron chi connectivity index (χ0n) is 11.1. The van der Waals surface area contributed by atoms with E-state index in [1.165, 1.54) is 23.4 Å². The average molecular weight is 328 g/mol. The minimum absolute atomic E-state index is 0.418. The molecule has 0 radical (unpaired) electrons. The molecule has 106 valence electrons. The zero-order valence-corrected chi connectivity index (χ0v) is 13.4. The van der Waals surface area contributed by atoms with Crippen LogP contribution in [0.3, 0.4) is 0 Å². The first-order chi connectivity index (χ1) is 9.69. The summed E-state index contributed by atoms with van der Waals surface area (Å²) in [5.41, 5.74) is 1.92. The second-order valence-electron chi connectivity index (χ2n) is 4.82. The number of nitrogens with one attached hydrogen (secondary N) is 1. The van der Waals surface area contributed by atoms with Crippen LogP contribution in [0.4, 0.5) is 0 Å². The third-order valence-electron chi connectivity index (χ3n) is 3.41. The normalized spacial score (nSPS) is 18.1. The van der Waals surface area contributed by atoms with Crippen molar-refractivity contribution in [3.63, 3.8) is 0 Å². The summed E-state index contributed by atoms with van der Waals surface area (Å²) in [6.07, 6.45) is 5.00. The maximum atomic E-state index is 6.23. The number of nitrogens with zero attached hydrogens (tertiary/aromatic N) is 2. The van der Waals surface area contributed by atoms with Gasteiger partial charge in [0.1, 0.15) is 10.7 Å². The second kappa shape index (κ2) is 5.98. The first kappa shape index (κ1) is 14.3. The van der Waals surface area contributed by atoms with Crippen LogP contribution in [-0.2, 0) is 6.42 Å². The van der Waals surface area contributed by atoms with Crippen LogP contribution in [0.1, 0.15) is 36.4 Å². The van der Waals surface area contributed by atoms with Crippen LogP contribution in [0.5, 0.6) is 0 Å². The molecule has 1 atom stereocenters. The lowest BCUT2D eigenvalue weighted by atomic mass is 9.98. The number of aryl methyl sites for hydroxylation is 1. The predicted molar refractivity (Wildman–Crippen MR) is 84.7 cm³/mol. The van der Waals surface area contributed by atoms with Gasteiger partial charge >= 0.3 is 0 Å². The van der Waals surface area contributed by atoms with E-state index >= 15 is 0 Å². The largest absolute Gasteiger partial charge is 0.309 e. The Bertz CT molecular complexity index is 627. The molecule has 0 saturated carbocycles. The number of rotatable bonds is 3. The molecule has 3 nitrogen and oxygen atoms in total. The van der Waals surface area contributed by atoms with Gasteiger partial charge in [0.2, 0.25) is 0 Å².